The second-order valence-electron chi connectivity index (χ2n) is 6.96. The van der Waals surface area contributed by atoms with Crippen molar-refractivity contribution in [1.82, 2.24) is 0 Å². The van der Waals surface area contributed by atoms with E-state index in [-0.39, 0.29) is 24.6 Å². The Morgan fingerprint density at radius 2 is 1.76 bits per heavy atom. The van der Waals surface area contributed by atoms with Gasteiger partial charge in [0, 0.05) is 12.0 Å². The number of ether oxygens (including phenoxy) is 3. The summed E-state index contributed by atoms with van der Waals surface area (Å²) in [7, 11) is -1.71. The third-order valence-corrected chi connectivity index (χ3v) is 10.3. The Labute approximate surface area is 152 Å². The molecule has 1 aromatic rings. The first-order valence-electron chi connectivity index (χ1n) is 9.46. The molecule has 1 unspecified atom stereocenters. The normalized spacial score (nSPS) is 29.8. The molecule has 0 bridgehead atoms. The van der Waals surface area contributed by atoms with E-state index in [4.69, 9.17) is 18.6 Å². The lowest BCUT2D eigenvalue weighted by atomic mass is 10.0. The topological polar surface area (TPSA) is 36.9 Å². The molecule has 0 radical (unpaired) electrons. The van der Waals surface area contributed by atoms with E-state index in [0.717, 1.165) is 35.9 Å². The number of benzene rings is 1. The fourth-order valence-corrected chi connectivity index (χ4v) is 6.54. The van der Waals surface area contributed by atoms with Gasteiger partial charge in [0.05, 0.1) is 6.61 Å². The van der Waals surface area contributed by atoms with Crippen LogP contribution in [0.5, 0.6) is 0 Å². The lowest BCUT2D eigenvalue weighted by Crippen LogP contribution is -2.51. The minimum Gasteiger partial charge on any atom is -0.488 e. The lowest BCUT2D eigenvalue weighted by molar-refractivity contribution is -0.276. The van der Waals surface area contributed by atoms with Gasteiger partial charge in [-0.1, -0.05) is 57.7 Å². The second-order valence-corrected chi connectivity index (χ2v) is 11.7. The van der Waals surface area contributed by atoms with Gasteiger partial charge in [-0.25, -0.2) is 0 Å². The molecule has 0 aromatic heterocycles. The maximum absolute atomic E-state index is 6.62. The standard InChI is InChI=1S/C20H30O4Si/c1-5-25(6-2,7-3)24-17-13-18-19(22-15(17)4)14-21-20(23-18)16-11-9-8-10-12-16/h8-12,17-20H,4-7,13-14H2,1-3H3/t17-,18+,19-,20?/m1/s1. The van der Waals surface area contributed by atoms with Crippen molar-refractivity contribution in [1.29, 1.82) is 0 Å². The number of rotatable bonds is 6. The molecule has 4 nitrogen and oxygen atoms in total. The molecule has 0 aliphatic carbocycles. The summed E-state index contributed by atoms with van der Waals surface area (Å²) < 4.78 is 24.7. The van der Waals surface area contributed by atoms with E-state index in [1.54, 1.807) is 0 Å². The van der Waals surface area contributed by atoms with Crippen LogP contribution in [0.4, 0.5) is 0 Å². The Morgan fingerprint density at radius 3 is 2.40 bits per heavy atom. The Morgan fingerprint density at radius 1 is 1.08 bits per heavy atom. The fourth-order valence-electron chi connectivity index (χ4n) is 3.71. The summed E-state index contributed by atoms with van der Waals surface area (Å²) in [5, 5.41) is 0. The summed E-state index contributed by atoms with van der Waals surface area (Å²) in [5.41, 5.74) is 1.04. The average Bonchev–Trinajstić information content (AvgIpc) is 2.67. The minimum atomic E-state index is -1.71. The summed E-state index contributed by atoms with van der Waals surface area (Å²) in [6.45, 7) is 11.4. The molecule has 0 amide bonds. The molecular weight excluding hydrogens is 332 g/mol. The van der Waals surface area contributed by atoms with E-state index in [9.17, 15) is 0 Å². The molecule has 1 aromatic carbocycles. The van der Waals surface area contributed by atoms with Crippen molar-refractivity contribution >= 4 is 8.32 Å². The summed E-state index contributed by atoms with van der Waals surface area (Å²) in [5.74, 6) is 0.735. The van der Waals surface area contributed by atoms with E-state index >= 15 is 0 Å². The van der Waals surface area contributed by atoms with Gasteiger partial charge in [-0.05, 0) is 18.1 Å². The van der Waals surface area contributed by atoms with Crippen molar-refractivity contribution in [2.24, 2.45) is 0 Å². The van der Waals surface area contributed by atoms with Gasteiger partial charge >= 0.3 is 0 Å². The van der Waals surface area contributed by atoms with Crippen LogP contribution in [0.2, 0.25) is 18.1 Å². The predicted octanol–water partition coefficient (Wildman–Crippen LogP) is 4.79. The summed E-state index contributed by atoms with van der Waals surface area (Å²) in [6, 6.07) is 13.4. The van der Waals surface area contributed by atoms with E-state index in [2.05, 4.69) is 27.4 Å². The van der Waals surface area contributed by atoms with Crippen molar-refractivity contribution in [2.75, 3.05) is 6.61 Å². The summed E-state index contributed by atoms with van der Waals surface area (Å²) in [4.78, 5) is 0. The van der Waals surface area contributed by atoms with E-state index in [0.29, 0.717) is 6.61 Å². The Bertz CT molecular complexity index is 564. The highest BCUT2D eigenvalue weighted by atomic mass is 28.4. The second kappa shape index (κ2) is 8.04. The molecule has 138 valence electrons. The van der Waals surface area contributed by atoms with Crippen LogP contribution in [-0.2, 0) is 18.6 Å². The molecule has 2 aliphatic rings. The van der Waals surface area contributed by atoms with Gasteiger partial charge in [-0.15, -0.1) is 0 Å². The monoisotopic (exact) mass is 362 g/mol. The zero-order chi connectivity index (χ0) is 17.9. The maximum atomic E-state index is 6.62. The fraction of sp³-hybridized carbons (Fsp3) is 0.600. The predicted molar refractivity (Wildman–Crippen MR) is 101 cm³/mol. The van der Waals surface area contributed by atoms with Crippen LogP contribution in [0, 0.1) is 0 Å². The largest absolute Gasteiger partial charge is 0.488 e. The molecule has 4 atom stereocenters. The number of fused-ring (bicyclic) bond motifs is 1. The van der Waals surface area contributed by atoms with Crippen LogP contribution in [0.15, 0.2) is 42.7 Å². The zero-order valence-corrected chi connectivity index (χ0v) is 16.6. The van der Waals surface area contributed by atoms with Crippen molar-refractivity contribution in [3.63, 3.8) is 0 Å². The van der Waals surface area contributed by atoms with Crippen molar-refractivity contribution < 1.29 is 18.6 Å². The molecule has 0 saturated carbocycles. The first-order chi connectivity index (χ1) is 12.1. The average molecular weight is 363 g/mol. The zero-order valence-electron chi connectivity index (χ0n) is 15.6. The Hall–Kier alpha value is -1.14. The first kappa shape index (κ1) is 18.6. The maximum Gasteiger partial charge on any atom is 0.193 e. The molecule has 2 heterocycles. The van der Waals surface area contributed by atoms with Gasteiger partial charge in [0.1, 0.15) is 24.1 Å². The summed E-state index contributed by atoms with van der Waals surface area (Å²) in [6.07, 6.45) is 0.288. The number of hydrogen-bond donors (Lipinski definition) is 0. The quantitative estimate of drug-likeness (QED) is 0.682. The van der Waals surface area contributed by atoms with Crippen LogP contribution in [0.1, 0.15) is 39.0 Å². The van der Waals surface area contributed by atoms with Gasteiger partial charge < -0.3 is 18.6 Å². The molecule has 0 N–H and O–H groups in total. The Balaban J connectivity index is 1.69. The number of hydrogen-bond acceptors (Lipinski definition) is 4. The molecule has 2 aliphatic heterocycles. The molecule has 2 saturated heterocycles. The van der Waals surface area contributed by atoms with Gasteiger partial charge in [0.15, 0.2) is 14.6 Å². The SMILES string of the molecule is C=C1O[C@@H]2COC(c3ccccc3)O[C@H]2C[C@H]1O[Si](CC)(CC)CC. The van der Waals surface area contributed by atoms with Gasteiger partial charge in [0.25, 0.3) is 0 Å². The van der Waals surface area contributed by atoms with Crippen LogP contribution < -0.4 is 0 Å². The Kier molecular flexibility index (Phi) is 5.99. The highest BCUT2D eigenvalue weighted by Gasteiger charge is 2.43. The van der Waals surface area contributed by atoms with Gasteiger partial charge in [-0.3, -0.25) is 0 Å². The third kappa shape index (κ3) is 4.00. The summed E-state index contributed by atoms with van der Waals surface area (Å²) >= 11 is 0. The van der Waals surface area contributed by atoms with Gasteiger partial charge in [-0.2, -0.15) is 0 Å². The lowest BCUT2D eigenvalue weighted by Gasteiger charge is -2.45. The molecule has 25 heavy (non-hydrogen) atoms. The first-order valence-corrected chi connectivity index (χ1v) is 12.0. The molecule has 3 rings (SSSR count). The molecular formula is C20H30O4Si. The molecule has 2 fully saturated rings. The minimum absolute atomic E-state index is 0.0216. The highest BCUT2D eigenvalue weighted by Crippen LogP contribution is 2.37. The molecule has 0 spiro atoms. The third-order valence-electron chi connectivity index (χ3n) is 5.63. The molecule has 5 heteroatoms. The van der Waals surface area contributed by atoms with Crippen LogP contribution in [0.25, 0.3) is 0 Å². The smallest absolute Gasteiger partial charge is 0.193 e. The van der Waals surface area contributed by atoms with E-state index in [1.807, 2.05) is 30.3 Å². The van der Waals surface area contributed by atoms with Crippen molar-refractivity contribution in [2.45, 2.75) is 69.9 Å². The van der Waals surface area contributed by atoms with Crippen molar-refractivity contribution in [3.8, 4) is 0 Å². The van der Waals surface area contributed by atoms with E-state index < -0.39 is 8.32 Å². The van der Waals surface area contributed by atoms with Crippen molar-refractivity contribution in [3.05, 3.63) is 48.2 Å². The van der Waals surface area contributed by atoms with Gasteiger partial charge in [0.2, 0.25) is 0 Å². The van der Waals surface area contributed by atoms with Crippen LogP contribution >= 0.6 is 0 Å². The van der Waals surface area contributed by atoms with Crippen LogP contribution in [-0.4, -0.2) is 33.2 Å². The highest BCUT2D eigenvalue weighted by molar-refractivity contribution is 6.73. The van der Waals surface area contributed by atoms with Crippen LogP contribution in [0.3, 0.4) is 0 Å². The van der Waals surface area contributed by atoms with E-state index in [1.165, 1.54) is 0 Å².